The molecule has 24 heavy (non-hydrogen) atoms. The quantitative estimate of drug-likeness (QED) is 0.813. The number of methoxy groups -OCH3 is 1. The summed E-state index contributed by atoms with van der Waals surface area (Å²) in [4.78, 5) is 24.1. The highest BCUT2D eigenvalue weighted by atomic mass is 35.5. The number of hydrogen-bond donors (Lipinski definition) is 2. The number of halogens is 1. The van der Waals surface area contributed by atoms with Crippen molar-refractivity contribution in [2.75, 3.05) is 12.4 Å². The molecule has 1 atom stereocenters. The first-order valence-corrected chi connectivity index (χ1v) is 7.83. The van der Waals surface area contributed by atoms with Crippen molar-refractivity contribution >= 4 is 29.3 Å². The van der Waals surface area contributed by atoms with Gasteiger partial charge in [0.25, 0.3) is 0 Å². The van der Waals surface area contributed by atoms with Gasteiger partial charge in [-0.25, -0.2) is 9.59 Å². The number of ether oxygens (including phenoxy) is 1. The highest BCUT2D eigenvalue weighted by Gasteiger charge is 2.22. The molecule has 2 rings (SSSR count). The average Bonchev–Trinajstić information content (AvgIpc) is 2.58. The Labute approximate surface area is 146 Å². The van der Waals surface area contributed by atoms with Gasteiger partial charge in [-0.2, -0.15) is 0 Å². The summed E-state index contributed by atoms with van der Waals surface area (Å²) in [5, 5.41) is 5.85. The number of rotatable bonds is 5. The van der Waals surface area contributed by atoms with E-state index in [0.717, 1.165) is 11.1 Å². The lowest BCUT2D eigenvalue weighted by molar-refractivity contribution is -0.142. The van der Waals surface area contributed by atoms with Crippen LogP contribution in [-0.2, 0) is 16.0 Å². The lowest BCUT2D eigenvalue weighted by atomic mass is 10.1. The number of nitrogens with one attached hydrogen (secondary N) is 2. The van der Waals surface area contributed by atoms with Crippen molar-refractivity contribution < 1.29 is 14.3 Å². The molecule has 0 aliphatic heterocycles. The van der Waals surface area contributed by atoms with Crippen LogP contribution in [0.2, 0.25) is 5.02 Å². The monoisotopic (exact) mass is 346 g/mol. The van der Waals surface area contributed by atoms with E-state index in [9.17, 15) is 9.59 Å². The fraction of sp³-hybridized carbons (Fsp3) is 0.222. The van der Waals surface area contributed by atoms with E-state index in [1.54, 1.807) is 18.2 Å². The van der Waals surface area contributed by atoms with Gasteiger partial charge in [0.2, 0.25) is 0 Å². The zero-order chi connectivity index (χ0) is 17.5. The van der Waals surface area contributed by atoms with Gasteiger partial charge < -0.3 is 15.4 Å². The molecule has 126 valence electrons. The molecule has 2 aromatic carbocycles. The normalized spacial score (nSPS) is 11.5. The van der Waals surface area contributed by atoms with Crippen LogP contribution in [0.25, 0.3) is 0 Å². The van der Waals surface area contributed by atoms with Crippen LogP contribution in [0, 0.1) is 6.92 Å². The Bertz CT molecular complexity index is 719. The van der Waals surface area contributed by atoms with Gasteiger partial charge in [0, 0.05) is 17.1 Å². The summed E-state index contributed by atoms with van der Waals surface area (Å²) < 4.78 is 4.77. The molecule has 2 aromatic rings. The van der Waals surface area contributed by atoms with Gasteiger partial charge in [0.05, 0.1) is 7.11 Å². The molecule has 0 heterocycles. The molecule has 5 nitrogen and oxygen atoms in total. The number of amides is 2. The minimum atomic E-state index is -0.779. The second-order valence-electron chi connectivity index (χ2n) is 5.33. The van der Waals surface area contributed by atoms with Crippen molar-refractivity contribution in [1.82, 2.24) is 5.32 Å². The lowest BCUT2D eigenvalue weighted by Gasteiger charge is -2.17. The summed E-state index contributed by atoms with van der Waals surface area (Å²) in [5.74, 6) is -0.504. The standard InChI is InChI=1S/C18H19ClN2O3/c1-12-8-9-14(11-15(12)19)20-18(23)21-16(17(22)24-2)10-13-6-4-3-5-7-13/h3-9,11,16H,10H2,1-2H3,(H2,20,21,23). The second kappa shape index (κ2) is 8.36. The van der Waals surface area contributed by atoms with Gasteiger partial charge in [0.1, 0.15) is 6.04 Å². The number of anilines is 1. The van der Waals surface area contributed by atoms with Crippen molar-refractivity contribution in [2.45, 2.75) is 19.4 Å². The summed E-state index contributed by atoms with van der Waals surface area (Å²) in [6.07, 6.45) is 0.343. The molecular formula is C18H19ClN2O3. The molecule has 0 bridgehead atoms. The Morgan fingerprint density at radius 2 is 1.88 bits per heavy atom. The predicted molar refractivity (Wildman–Crippen MR) is 94.3 cm³/mol. The lowest BCUT2D eigenvalue weighted by Crippen LogP contribution is -2.45. The summed E-state index contributed by atoms with van der Waals surface area (Å²) in [7, 11) is 1.29. The molecule has 0 aliphatic rings. The number of hydrogen-bond acceptors (Lipinski definition) is 3. The van der Waals surface area contributed by atoms with E-state index in [2.05, 4.69) is 10.6 Å². The third kappa shape index (κ3) is 4.99. The Hall–Kier alpha value is -2.53. The van der Waals surface area contributed by atoms with Gasteiger partial charge in [-0.1, -0.05) is 48.0 Å². The molecule has 0 saturated carbocycles. The third-order valence-electron chi connectivity index (χ3n) is 3.50. The van der Waals surface area contributed by atoms with Gasteiger partial charge in [-0.15, -0.1) is 0 Å². The van der Waals surface area contributed by atoms with E-state index in [-0.39, 0.29) is 0 Å². The highest BCUT2D eigenvalue weighted by Crippen LogP contribution is 2.19. The first kappa shape index (κ1) is 17.8. The van der Waals surface area contributed by atoms with Crippen LogP contribution in [0.5, 0.6) is 0 Å². The highest BCUT2D eigenvalue weighted by molar-refractivity contribution is 6.31. The van der Waals surface area contributed by atoms with Crippen LogP contribution in [0.1, 0.15) is 11.1 Å². The Balaban J connectivity index is 2.03. The smallest absolute Gasteiger partial charge is 0.328 e. The van der Waals surface area contributed by atoms with Gasteiger partial charge in [-0.3, -0.25) is 0 Å². The molecule has 6 heteroatoms. The Morgan fingerprint density at radius 1 is 1.17 bits per heavy atom. The van der Waals surface area contributed by atoms with Crippen molar-refractivity contribution in [3.05, 3.63) is 64.7 Å². The second-order valence-corrected chi connectivity index (χ2v) is 5.74. The molecule has 0 saturated heterocycles. The SMILES string of the molecule is COC(=O)C(Cc1ccccc1)NC(=O)Nc1ccc(C)c(Cl)c1. The van der Waals surface area contributed by atoms with E-state index < -0.39 is 18.0 Å². The molecule has 0 aromatic heterocycles. The topological polar surface area (TPSA) is 67.4 Å². The maximum atomic E-state index is 12.2. The molecule has 0 spiro atoms. The Morgan fingerprint density at radius 3 is 2.50 bits per heavy atom. The van der Waals surface area contributed by atoms with E-state index >= 15 is 0 Å². The Kier molecular flexibility index (Phi) is 6.21. The minimum Gasteiger partial charge on any atom is -0.467 e. The maximum Gasteiger partial charge on any atom is 0.328 e. The average molecular weight is 347 g/mol. The van der Waals surface area contributed by atoms with Crippen molar-refractivity contribution in [2.24, 2.45) is 0 Å². The molecule has 0 radical (unpaired) electrons. The largest absolute Gasteiger partial charge is 0.467 e. The molecule has 2 N–H and O–H groups in total. The number of urea groups is 1. The van der Waals surface area contributed by atoms with Gasteiger partial charge in [0.15, 0.2) is 0 Å². The van der Waals surface area contributed by atoms with Crippen molar-refractivity contribution in [3.63, 3.8) is 0 Å². The number of aryl methyl sites for hydroxylation is 1. The zero-order valence-corrected chi connectivity index (χ0v) is 14.3. The molecule has 1 unspecified atom stereocenters. The van der Waals surface area contributed by atoms with E-state index in [1.165, 1.54) is 7.11 Å². The van der Waals surface area contributed by atoms with Crippen LogP contribution < -0.4 is 10.6 Å². The molecule has 0 fully saturated rings. The van der Waals surface area contributed by atoms with Gasteiger partial charge >= 0.3 is 12.0 Å². The van der Waals surface area contributed by atoms with Gasteiger partial charge in [-0.05, 0) is 30.2 Å². The third-order valence-corrected chi connectivity index (χ3v) is 3.91. The number of carbonyl (C=O) groups is 2. The van der Waals surface area contributed by atoms with Crippen LogP contribution >= 0.6 is 11.6 Å². The summed E-state index contributed by atoms with van der Waals surface area (Å²) in [6, 6.07) is 13.3. The van der Waals surface area contributed by atoms with Crippen LogP contribution in [0.15, 0.2) is 48.5 Å². The molecule has 2 amide bonds. The minimum absolute atomic E-state index is 0.343. The first-order valence-electron chi connectivity index (χ1n) is 7.45. The summed E-state index contributed by atoms with van der Waals surface area (Å²) in [5.41, 5.74) is 2.39. The van der Waals surface area contributed by atoms with Crippen molar-refractivity contribution in [1.29, 1.82) is 0 Å². The fourth-order valence-electron chi connectivity index (χ4n) is 2.18. The first-order chi connectivity index (χ1) is 11.5. The van der Waals surface area contributed by atoms with E-state index in [1.807, 2.05) is 37.3 Å². The van der Waals surface area contributed by atoms with Crippen molar-refractivity contribution in [3.8, 4) is 0 Å². The molecule has 0 aliphatic carbocycles. The van der Waals surface area contributed by atoms with E-state index in [4.69, 9.17) is 16.3 Å². The van der Waals surface area contributed by atoms with E-state index in [0.29, 0.717) is 17.1 Å². The van der Waals surface area contributed by atoms with Crippen LogP contribution in [0.4, 0.5) is 10.5 Å². The number of benzene rings is 2. The molecular weight excluding hydrogens is 328 g/mol. The number of esters is 1. The van der Waals surface area contributed by atoms with Crippen LogP contribution in [-0.4, -0.2) is 25.2 Å². The zero-order valence-electron chi connectivity index (χ0n) is 13.5. The number of carbonyl (C=O) groups excluding carboxylic acids is 2. The summed E-state index contributed by atoms with van der Waals surface area (Å²) in [6.45, 7) is 1.87. The maximum absolute atomic E-state index is 12.2. The van der Waals surface area contributed by atoms with Crippen LogP contribution in [0.3, 0.4) is 0 Å². The summed E-state index contributed by atoms with van der Waals surface area (Å²) >= 11 is 6.04. The fourth-order valence-corrected chi connectivity index (χ4v) is 2.36. The predicted octanol–water partition coefficient (Wildman–Crippen LogP) is 3.55.